The first kappa shape index (κ1) is 16.9. The van der Waals surface area contributed by atoms with E-state index in [0.717, 1.165) is 31.9 Å². The van der Waals surface area contributed by atoms with Gasteiger partial charge in [-0.15, -0.1) is 0 Å². The molecule has 0 aromatic heterocycles. The highest BCUT2D eigenvalue weighted by atomic mass is 32.2. The molecule has 0 amide bonds. The Bertz CT molecular complexity index is 339. The molecule has 1 rings (SSSR count). The summed E-state index contributed by atoms with van der Waals surface area (Å²) in [5, 5.41) is 0. The van der Waals surface area contributed by atoms with Crippen molar-refractivity contribution in [2.45, 2.75) is 83.5 Å². The monoisotopic (exact) mass is 292 g/mol. The minimum atomic E-state index is -3.39. The highest BCUT2D eigenvalue weighted by Crippen LogP contribution is 2.26. The summed E-state index contributed by atoms with van der Waals surface area (Å²) in [6.07, 6.45) is 10.1. The summed E-state index contributed by atoms with van der Waals surface area (Å²) in [4.78, 5) is 0. The fourth-order valence-electron chi connectivity index (χ4n) is 2.62. The Kier molecular flexibility index (Phi) is 7.32. The van der Waals surface area contributed by atoms with E-state index in [-0.39, 0.29) is 18.3 Å². The van der Waals surface area contributed by atoms with Gasteiger partial charge in [0.15, 0.2) is 0 Å². The summed E-state index contributed by atoms with van der Waals surface area (Å²) in [7, 11) is -3.39. The third-order valence-electron chi connectivity index (χ3n) is 3.61. The number of rotatable bonds is 8. The number of hydrogen-bond acceptors (Lipinski definition) is 4. The Morgan fingerprint density at radius 2 is 2.00 bits per heavy atom. The SMILES string of the molecule is CCCCCC[C@@H]1CCC[C@H]([C@H](C)OS(C)(=O)=O)O1. The average Bonchev–Trinajstić information content (AvgIpc) is 2.33. The molecule has 5 heteroatoms. The summed E-state index contributed by atoms with van der Waals surface area (Å²) >= 11 is 0. The van der Waals surface area contributed by atoms with Gasteiger partial charge in [-0.05, 0) is 32.6 Å². The molecule has 0 aromatic rings. The summed E-state index contributed by atoms with van der Waals surface area (Å²) < 4.78 is 33.3. The molecule has 0 aromatic carbocycles. The number of ether oxygens (including phenoxy) is 1. The summed E-state index contributed by atoms with van der Waals surface area (Å²) in [5.74, 6) is 0. The maximum Gasteiger partial charge on any atom is 0.264 e. The van der Waals surface area contributed by atoms with Gasteiger partial charge in [-0.3, -0.25) is 4.18 Å². The van der Waals surface area contributed by atoms with E-state index in [0.29, 0.717) is 0 Å². The van der Waals surface area contributed by atoms with Crippen molar-refractivity contribution in [1.82, 2.24) is 0 Å². The van der Waals surface area contributed by atoms with Crippen LogP contribution in [0.4, 0.5) is 0 Å². The van der Waals surface area contributed by atoms with Crippen LogP contribution in [0.25, 0.3) is 0 Å². The zero-order valence-corrected chi connectivity index (χ0v) is 13.2. The maximum atomic E-state index is 11.1. The topological polar surface area (TPSA) is 52.6 Å². The van der Waals surface area contributed by atoms with Gasteiger partial charge in [0, 0.05) is 0 Å². The lowest BCUT2D eigenvalue weighted by atomic mass is 9.97. The van der Waals surface area contributed by atoms with Gasteiger partial charge >= 0.3 is 0 Å². The van der Waals surface area contributed by atoms with Gasteiger partial charge in [0.1, 0.15) is 6.10 Å². The van der Waals surface area contributed by atoms with Crippen LogP contribution in [0.5, 0.6) is 0 Å². The van der Waals surface area contributed by atoms with Crippen LogP contribution in [-0.2, 0) is 19.0 Å². The third kappa shape index (κ3) is 7.28. The van der Waals surface area contributed by atoms with Crippen molar-refractivity contribution in [1.29, 1.82) is 0 Å². The van der Waals surface area contributed by atoms with Crippen molar-refractivity contribution in [3.05, 3.63) is 0 Å². The van der Waals surface area contributed by atoms with Gasteiger partial charge < -0.3 is 4.74 Å². The molecule has 4 nitrogen and oxygen atoms in total. The fraction of sp³-hybridized carbons (Fsp3) is 1.00. The van der Waals surface area contributed by atoms with Crippen molar-refractivity contribution in [3.8, 4) is 0 Å². The van der Waals surface area contributed by atoms with Gasteiger partial charge in [-0.2, -0.15) is 8.42 Å². The van der Waals surface area contributed by atoms with E-state index >= 15 is 0 Å². The van der Waals surface area contributed by atoms with Crippen molar-refractivity contribution >= 4 is 10.1 Å². The van der Waals surface area contributed by atoms with E-state index in [2.05, 4.69) is 6.92 Å². The van der Waals surface area contributed by atoms with Crippen molar-refractivity contribution in [2.24, 2.45) is 0 Å². The van der Waals surface area contributed by atoms with Gasteiger partial charge in [0.05, 0.1) is 18.5 Å². The van der Waals surface area contributed by atoms with Crippen LogP contribution in [0.1, 0.15) is 65.2 Å². The molecule has 1 aliphatic rings. The highest BCUT2D eigenvalue weighted by Gasteiger charge is 2.28. The average molecular weight is 292 g/mol. The lowest BCUT2D eigenvalue weighted by molar-refractivity contribution is -0.0943. The second-order valence-electron chi connectivity index (χ2n) is 5.58. The Morgan fingerprint density at radius 3 is 2.63 bits per heavy atom. The molecule has 0 spiro atoms. The lowest BCUT2D eigenvalue weighted by Crippen LogP contribution is -2.37. The van der Waals surface area contributed by atoms with E-state index < -0.39 is 10.1 Å². The van der Waals surface area contributed by atoms with Gasteiger partial charge in [-0.1, -0.05) is 32.6 Å². The van der Waals surface area contributed by atoms with E-state index in [9.17, 15) is 8.42 Å². The molecule has 0 bridgehead atoms. The summed E-state index contributed by atoms with van der Waals surface area (Å²) in [6.45, 7) is 3.99. The molecule has 0 unspecified atom stereocenters. The predicted octanol–water partition coefficient (Wildman–Crippen LogP) is 3.26. The smallest absolute Gasteiger partial charge is 0.264 e. The largest absolute Gasteiger partial charge is 0.372 e. The zero-order chi connectivity index (χ0) is 14.3. The zero-order valence-electron chi connectivity index (χ0n) is 12.4. The van der Waals surface area contributed by atoms with E-state index in [4.69, 9.17) is 8.92 Å². The Balaban J connectivity index is 2.33. The lowest BCUT2D eigenvalue weighted by Gasteiger charge is -2.33. The van der Waals surface area contributed by atoms with Crippen LogP contribution < -0.4 is 0 Å². The highest BCUT2D eigenvalue weighted by molar-refractivity contribution is 7.86. The quantitative estimate of drug-likeness (QED) is 0.509. The fourth-order valence-corrected chi connectivity index (χ4v) is 3.30. The summed E-state index contributed by atoms with van der Waals surface area (Å²) in [6, 6.07) is 0. The van der Waals surface area contributed by atoms with Crippen LogP contribution in [0.2, 0.25) is 0 Å². The molecule has 114 valence electrons. The third-order valence-corrected chi connectivity index (χ3v) is 4.26. The molecule has 3 atom stereocenters. The van der Waals surface area contributed by atoms with Crippen LogP contribution in [0.15, 0.2) is 0 Å². The minimum absolute atomic E-state index is 0.0837. The first-order valence-electron chi connectivity index (χ1n) is 7.46. The van der Waals surface area contributed by atoms with Crippen LogP contribution in [-0.4, -0.2) is 33.0 Å². The molecule has 19 heavy (non-hydrogen) atoms. The molecular weight excluding hydrogens is 264 g/mol. The van der Waals surface area contributed by atoms with Gasteiger partial charge in [-0.25, -0.2) is 0 Å². The second kappa shape index (κ2) is 8.22. The molecule has 1 aliphatic heterocycles. The summed E-state index contributed by atoms with van der Waals surface area (Å²) in [5.41, 5.74) is 0. The number of hydrogen-bond donors (Lipinski definition) is 0. The molecule has 1 heterocycles. The molecule has 0 aliphatic carbocycles. The Hall–Kier alpha value is -0.130. The van der Waals surface area contributed by atoms with Crippen LogP contribution in [0, 0.1) is 0 Å². The maximum absolute atomic E-state index is 11.1. The molecule has 1 fully saturated rings. The minimum Gasteiger partial charge on any atom is -0.372 e. The van der Waals surface area contributed by atoms with E-state index in [1.807, 2.05) is 0 Å². The van der Waals surface area contributed by atoms with Crippen LogP contribution in [0.3, 0.4) is 0 Å². The molecular formula is C14H28O4S. The second-order valence-corrected chi connectivity index (χ2v) is 7.18. The number of unbranched alkanes of at least 4 members (excludes halogenated alkanes) is 3. The first-order valence-corrected chi connectivity index (χ1v) is 9.27. The van der Waals surface area contributed by atoms with Gasteiger partial charge in [0.2, 0.25) is 0 Å². The Labute approximate surface area is 118 Å². The van der Waals surface area contributed by atoms with Gasteiger partial charge in [0.25, 0.3) is 10.1 Å². The van der Waals surface area contributed by atoms with Crippen molar-refractivity contribution < 1.29 is 17.3 Å². The predicted molar refractivity (Wildman–Crippen MR) is 76.7 cm³/mol. The van der Waals surface area contributed by atoms with E-state index in [1.54, 1.807) is 6.92 Å². The van der Waals surface area contributed by atoms with Crippen molar-refractivity contribution in [3.63, 3.8) is 0 Å². The molecule has 0 radical (unpaired) electrons. The normalized spacial score (nSPS) is 26.3. The standard InChI is InChI=1S/C14H28O4S/c1-4-5-6-7-9-13-10-8-11-14(17-13)12(2)18-19(3,15)16/h12-14H,4-11H2,1-3H3/t12-,13+,14+/m0/s1. The Morgan fingerprint density at radius 1 is 1.26 bits per heavy atom. The van der Waals surface area contributed by atoms with Crippen LogP contribution >= 0.6 is 0 Å². The van der Waals surface area contributed by atoms with Crippen molar-refractivity contribution in [2.75, 3.05) is 6.26 Å². The molecule has 0 N–H and O–H groups in total. The molecule has 0 saturated carbocycles. The van der Waals surface area contributed by atoms with E-state index in [1.165, 1.54) is 25.7 Å². The first-order chi connectivity index (χ1) is 8.92. The molecule has 1 saturated heterocycles.